The van der Waals surface area contributed by atoms with Gasteiger partial charge in [0.25, 0.3) is 0 Å². The van der Waals surface area contributed by atoms with E-state index < -0.39 is 0 Å². The van der Waals surface area contributed by atoms with Crippen molar-refractivity contribution in [1.29, 1.82) is 0 Å². The van der Waals surface area contributed by atoms with Crippen LogP contribution in [0.4, 0.5) is 0 Å². The van der Waals surface area contributed by atoms with E-state index in [0.29, 0.717) is 13.0 Å². The maximum atomic E-state index is 11.7. The van der Waals surface area contributed by atoms with Gasteiger partial charge in [-0.1, -0.05) is 24.4 Å². The maximum absolute atomic E-state index is 11.7. The zero-order valence-corrected chi connectivity index (χ0v) is 10.9. The van der Waals surface area contributed by atoms with Gasteiger partial charge in [0.15, 0.2) is 5.84 Å². The van der Waals surface area contributed by atoms with Crippen molar-refractivity contribution in [2.45, 2.75) is 44.6 Å². The van der Waals surface area contributed by atoms with Crippen LogP contribution in [0, 0.1) is 5.92 Å². The summed E-state index contributed by atoms with van der Waals surface area (Å²) in [7, 11) is 1.55. The van der Waals surface area contributed by atoms with Crippen LogP contribution in [0.25, 0.3) is 0 Å². The minimum absolute atomic E-state index is 0.0904. The summed E-state index contributed by atoms with van der Waals surface area (Å²) in [6.45, 7) is 0.374. The van der Waals surface area contributed by atoms with E-state index in [4.69, 9.17) is 15.7 Å². The van der Waals surface area contributed by atoms with Crippen LogP contribution < -0.4 is 11.1 Å². The number of nitrogens with one attached hydrogen (secondary N) is 1. The molecule has 0 radical (unpaired) electrons. The zero-order chi connectivity index (χ0) is 13.4. The first-order valence-corrected chi connectivity index (χ1v) is 6.44. The van der Waals surface area contributed by atoms with Gasteiger partial charge in [0, 0.05) is 13.5 Å². The summed E-state index contributed by atoms with van der Waals surface area (Å²) in [6.07, 6.45) is 5.79. The van der Waals surface area contributed by atoms with Crippen LogP contribution in [0.3, 0.4) is 0 Å². The zero-order valence-electron chi connectivity index (χ0n) is 10.9. The van der Waals surface area contributed by atoms with Crippen LogP contribution >= 0.6 is 0 Å². The molecule has 104 valence electrons. The first-order chi connectivity index (χ1) is 8.69. The number of carbonyl (C=O) groups excluding carboxylic acids is 1. The molecule has 0 aromatic heterocycles. The second-order valence-electron chi connectivity index (χ2n) is 4.71. The Kier molecular flexibility index (Phi) is 6.49. The van der Waals surface area contributed by atoms with E-state index in [1.807, 2.05) is 0 Å². The lowest BCUT2D eigenvalue weighted by molar-refractivity contribution is -0.122. The second kappa shape index (κ2) is 7.92. The number of ether oxygens (including phenoxy) is 1. The van der Waals surface area contributed by atoms with E-state index in [-0.39, 0.29) is 23.7 Å². The number of nitrogens with two attached hydrogens (primary N) is 1. The second-order valence-corrected chi connectivity index (χ2v) is 4.71. The van der Waals surface area contributed by atoms with Crippen LogP contribution in [-0.2, 0) is 9.53 Å². The number of hydrogen-bond donors (Lipinski definition) is 3. The Bertz CT molecular complexity index is 288. The van der Waals surface area contributed by atoms with Crippen molar-refractivity contribution in [2.24, 2.45) is 16.8 Å². The number of amidine groups is 1. The lowest BCUT2D eigenvalue weighted by atomic mass is 9.83. The van der Waals surface area contributed by atoms with Gasteiger partial charge in [-0.05, 0) is 18.8 Å². The highest BCUT2D eigenvalue weighted by Gasteiger charge is 2.28. The fourth-order valence-corrected chi connectivity index (χ4v) is 2.40. The molecule has 0 aromatic rings. The van der Waals surface area contributed by atoms with E-state index >= 15 is 0 Å². The molecule has 1 aliphatic rings. The molecule has 0 aromatic carbocycles. The largest absolute Gasteiger partial charge is 0.409 e. The number of carbonyl (C=O) groups is 1. The molecular weight excluding hydrogens is 234 g/mol. The molecule has 0 spiro atoms. The summed E-state index contributed by atoms with van der Waals surface area (Å²) < 4.78 is 4.85. The number of rotatable bonds is 6. The minimum atomic E-state index is -0.361. The third-order valence-electron chi connectivity index (χ3n) is 3.41. The predicted octanol–water partition coefficient (Wildman–Crippen LogP) is 0.834. The summed E-state index contributed by atoms with van der Waals surface area (Å²) >= 11 is 0. The number of methoxy groups -OCH3 is 1. The highest BCUT2D eigenvalue weighted by molar-refractivity contribution is 5.90. The maximum Gasteiger partial charge on any atom is 0.222 e. The van der Waals surface area contributed by atoms with Crippen LogP contribution in [0.5, 0.6) is 0 Å². The quantitative estimate of drug-likeness (QED) is 0.284. The molecule has 18 heavy (non-hydrogen) atoms. The molecule has 1 fully saturated rings. The monoisotopic (exact) mass is 257 g/mol. The van der Waals surface area contributed by atoms with Crippen molar-refractivity contribution in [2.75, 3.05) is 13.7 Å². The highest BCUT2D eigenvalue weighted by Crippen LogP contribution is 2.26. The standard InChI is InChI=1S/C12H23N3O3/c1-18-8-7-10(16)14-11(12(13)15-17)9-5-3-2-4-6-9/h9,11,17H,2-8H2,1H3,(H2,13,15)(H,14,16). The highest BCUT2D eigenvalue weighted by atomic mass is 16.5. The predicted molar refractivity (Wildman–Crippen MR) is 68.4 cm³/mol. The molecule has 0 heterocycles. The van der Waals surface area contributed by atoms with Crippen molar-refractivity contribution in [3.8, 4) is 0 Å². The van der Waals surface area contributed by atoms with Gasteiger partial charge in [0.2, 0.25) is 5.91 Å². The van der Waals surface area contributed by atoms with Crippen molar-refractivity contribution >= 4 is 11.7 Å². The van der Waals surface area contributed by atoms with Crippen LogP contribution in [-0.4, -0.2) is 36.7 Å². The summed E-state index contributed by atoms with van der Waals surface area (Å²) in [4.78, 5) is 11.7. The topological polar surface area (TPSA) is 96.9 Å². The van der Waals surface area contributed by atoms with Gasteiger partial charge in [-0.2, -0.15) is 0 Å². The lowest BCUT2D eigenvalue weighted by Crippen LogP contribution is -2.49. The molecule has 1 saturated carbocycles. The average Bonchev–Trinajstić information content (AvgIpc) is 2.42. The Morgan fingerprint density at radius 1 is 1.50 bits per heavy atom. The Hall–Kier alpha value is -1.30. The summed E-state index contributed by atoms with van der Waals surface area (Å²) in [6, 6.07) is -0.361. The fraction of sp³-hybridized carbons (Fsp3) is 0.833. The van der Waals surface area contributed by atoms with Gasteiger partial charge in [0.1, 0.15) is 0 Å². The molecule has 1 unspecified atom stereocenters. The first-order valence-electron chi connectivity index (χ1n) is 6.44. The molecule has 1 rings (SSSR count). The van der Waals surface area contributed by atoms with E-state index in [2.05, 4.69) is 10.5 Å². The summed E-state index contributed by atoms with van der Waals surface area (Å²) in [5.74, 6) is 0.229. The van der Waals surface area contributed by atoms with Crippen molar-refractivity contribution < 1.29 is 14.7 Å². The third kappa shape index (κ3) is 4.52. The molecule has 1 aliphatic carbocycles. The lowest BCUT2D eigenvalue weighted by Gasteiger charge is -2.30. The van der Waals surface area contributed by atoms with Crippen molar-refractivity contribution in [3.05, 3.63) is 0 Å². The Morgan fingerprint density at radius 2 is 2.17 bits per heavy atom. The van der Waals surface area contributed by atoms with Crippen LogP contribution in [0.2, 0.25) is 0 Å². The molecule has 4 N–H and O–H groups in total. The summed E-state index contributed by atoms with van der Waals surface area (Å²) in [5, 5.41) is 14.7. The summed E-state index contributed by atoms with van der Waals surface area (Å²) in [5.41, 5.74) is 5.68. The molecule has 6 heteroatoms. The molecule has 1 amide bonds. The average molecular weight is 257 g/mol. The smallest absolute Gasteiger partial charge is 0.222 e. The van der Waals surface area contributed by atoms with Crippen molar-refractivity contribution in [1.82, 2.24) is 5.32 Å². The van der Waals surface area contributed by atoms with Gasteiger partial charge < -0.3 is 21.0 Å². The van der Waals surface area contributed by atoms with Crippen molar-refractivity contribution in [3.63, 3.8) is 0 Å². The normalized spacial score (nSPS) is 19.5. The van der Waals surface area contributed by atoms with E-state index in [0.717, 1.165) is 25.7 Å². The Labute approximate surface area is 108 Å². The van der Waals surface area contributed by atoms with Gasteiger partial charge >= 0.3 is 0 Å². The number of nitrogens with zero attached hydrogens (tertiary/aromatic N) is 1. The molecule has 1 atom stereocenters. The van der Waals surface area contributed by atoms with Gasteiger partial charge in [-0.15, -0.1) is 0 Å². The fourth-order valence-electron chi connectivity index (χ4n) is 2.40. The number of hydrogen-bond acceptors (Lipinski definition) is 4. The molecule has 0 bridgehead atoms. The van der Waals surface area contributed by atoms with E-state index in [9.17, 15) is 4.79 Å². The molecular formula is C12H23N3O3. The Balaban J connectivity index is 2.57. The number of amides is 1. The number of oxime groups is 1. The third-order valence-corrected chi connectivity index (χ3v) is 3.41. The van der Waals surface area contributed by atoms with Gasteiger partial charge in [-0.25, -0.2) is 0 Å². The van der Waals surface area contributed by atoms with Crippen LogP contribution in [0.1, 0.15) is 38.5 Å². The Morgan fingerprint density at radius 3 is 2.72 bits per heavy atom. The van der Waals surface area contributed by atoms with E-state index in [1.165, 1.54) is 6.42 Å². The molecule has 6 nitrogen and oxygen atoms in total. The van der Waals surface area contributed by atoms with Crippen LogP contribution in [0.15, 0.2) is 5.16 Å². The van der Waals surface area contributed by atoms with Gasteiger partial charge in [0.05, 0.1) is 12.6 Å². The SMILES string of the molecule is COCCC(=O)NC(C(N)=NO)C1CCCCC1. The first kappa shape index (κ1) is 14.8. The van der Waals surface area contributed by atoms with E-state index in [1.54, 1.807) is 7.11 Å². The molecule has 0 aliphatic heterocycles. The van der Waals surface area contributed by atoms with Gasteiger partial charge in [-0.3, -0.25) is 4.79 Å². The minimum Gasteiger partial charge on any atom is -0.409 e. The molecule has 0 saturated heterocycles.